The molecule has 4 aliphatic heterocycles. The number of benzene rings is 1. The van der Waals surface area contributed by atoms with Crippen molar-refractivity contribution in [2.45, 2.75) is 57.1 Å². The molecule has 2 saturated heterocycles. The molecule has 0 bridgehead atoms. The first-order valence-corrected chi connectivity index (χ1v) is 9.80. The van der Waals surface area contributed by atoms with Crippen LogP contribution in [0.1, 0.15) is 60.0 Å². The van der Waals surface area contributed by atoms with E-state index in [1.807, 2.05) is 12.1 Å². The predicted molar refractivity (Wildman–Crippen MR) is 95.8 cm³/mol. The molecule has 0 radical (unpaired) electrons. The van der Waals surface area contributed by atoms with E-state index in [0.29, 0.717) is 24.8 Å². The van der Waals surface area contributed by atoms with Crippen molar-refractivity contribution in [2.75, 3.05) is 13.1 Å². The smallest absolute Gasteiger partial charge is 0.273 e. The van der Waals surface area contributed by atoms with Crippen LogP contribution in [0.15, 0.2) is 12.1 Å². The van der Waals surface area contributed by atoms with Crippen molar-refractivity contribution in [2.24, 2.45) is 0 Å². The number of hydrogen-bond acceptors (Lipinski definition) is 5. The van der Waals surface area contributed by atoms with Gasteiger partial charge in [-0.15, -0.1) is 0 Å². The number of carbonyl (C=O) groups excluding carboxylic acids is 3. The number of hydrazine groups is 1. The van der Waals surface area contributed by atoms with Gasteiger partial charge in [0.15, 0.2) is 0 Å². The topological polar surface area (TPSA) is 79.0 Å². The molecule has 0 atom stereocenters. The first kappa shape index (κ1) is 16.7. The summed E-state index contributed by atoms with van der Waals surface area (Å²) in [6.07, 6.45) is 4.98. The van der Waals surface area contributed by atoms with Crippen LogP contribution in [-0.4, -0.2) is 46.4 Å². The number of piperidine rings is 2. The summed E-state index contributed by atoms with van der Waals surface area (Å²) in [5.74, 6) is -0.0765. The summed E-state index contributed by atoms with van der Waals surface area (Å²) in [6.45, 7) is 2.10. The highest BCUT2D eigenvalue weighted by Crippen LogP contribution is 2.44. The van der Waals surface area contributed by atoms with Gasteiger partial charge in [-0.3, -0.25) is 14.4 Å². The Morgan fingerprint density at radius 1 is 0.963 bits per heavy atom. The maximum atomic E-state index is 13.0. The number of hydrogen-bond donors (Lipinski definition) is 1. The molecule has 142 valence electrons. The van der Waals surface area contributed by atoms with Gasteiger partial charge in [0.05, 0.1) is 12.1 Å². The summed E-state index contributed by atoms with van der Waals surface area (Å²) in [5.41, 5.74) is 2.32. The fourth-order valence-corrected chi connectivity index (χ4v) is 4.76. The second-order valence-corrected chi connectivity index (χ2v) is 7.93. The van der Waals surface area contributed by atoms with Crippen molar-refractivity contribution in [3.8, 4) is 5.75 Å². The Morgan fingerprint density at radius 2 is 1.70 bits per heavy atom. The molecule has 0 saturated carbocycles. The van der Waals surface area contributed by atoms with E-state index >= 15 is 0 Å². The van der Waals surface area contributed by atoms with Crippen molar-refractivity contribution < 1.29 is 19.1 Å². The van der Waals surface area contributed by atoms with Crippen LogP contribution in [-0.2, 0) is 22.6 Å². The monoisotopic (exact) mass is 369 g/mol. The number of amides is 3. The number of nitrogens with one attached hydrogen (secondary N) is 1. The average Bonchev–Trinajstić information content (AvgIpc) is 2.99. The van der Waals surface area contributed by atoms with Crippen LogP contribution in [0.5, 0.6) is 5.75 Å². The first-order valence-electron chi connectivity index (χ1n) is 9.80. The standard InChI is InChI=1S/C20H23N3O4/c24-16-2-1-3-17(25)23(16)22-12-15-14(19(22)26)5-4-13-6-7-20(27-18(13)15)8-10-21-11-9-20/h4-5,21H,1-3,6-12H2. The third-order valence-corrected chi connectivity index (χ3v) is 6.29. The van der Waals surface area contributed by atoms with E-state index < -0.39 is 0 Å². The van der Waals surface area contributed by atoms with E-state index in [2.05, 4.69) is 5.32 Å². The summed E-state index contributed by atoms with van der Waals surface area (Å²) in [7, 11) is 0. The lowest BCUT2D eigenvalue weighted by Crippen LogP contribution is -2.52. The summed E-state index contributed by atoms with van der Waals surface area (Å²) in [6, 6.07) is 3.78. The summed E-state index contributed by atoms with van der Waals surface area (Å²) < 4.78 is 6.53. The molecule has 0 unspecified atom stereocenters. The Labute approximate surface area is 157 Å². The van der Waals surface area contributed by atoms with Gasteiger partial charge in [-0.25, -0.2) is 5.01 Å². The van der Waals surface area contributed by atoms with Gasteiger partial charge >= 0.3 is 0 Å². The maximum absolute atomic E-state index is 13.0. The van der Waals surface area contributed by atoms with Crippen LogP contribution in [0.4, 0.5) is 0 Å². The highest BCUT2D eigenvalue weighted by molar-refractivity contribution is 6.05. The number of aryl methyl sites for hydroxylation is 1. The summed E-state index contributed by atoms with van der Waals surface area (Å²) in [5, 5.41) is 5.74. The minimum Gasteiger partial charge on any atom is -0.487 e. The van der Waals surface area contributed by atoms with Crippen molar-refractivity contribution in [1.82, 2.24) is 15.3 Å². The van der Waals surface area contributed by atoms with Crippen molar-refractivity contribution >= 4 is 17.7 Å². The maximum Gasteiger partial charge on any atom is 0.273 e. The Kier molecular flexibility index (Phi) is 3.75. The number of imide groups is 1. The highest BCUT2D eigenvalue weighted by Gasteiger charge is 2.44. The van der Waals surface area contributed by atoms with E-state index in [-0.39, 0.29) is 29.9 Å². The minimum absolute atomic E-state index is 0.166. The van der Waals surface area contributed by atoms with E-state index in [4.69, 9.17) is 4.74 Å². The van der Waals surface area contributed by atoms with Crippen LogP contribution in [0.2, 0.25) is 0 Å². The van der Waals surface area contributed by atoms with Crippen molar-refractivity contribution in [3.05, 3.63) is 28.8 Å². The molecular weight excluding hydrogens is 346 g/mol. The Morgan fingerprint density at radius 3 is 2.44 bits per heavy atom. The molecular formula is C20H23N3O4. The van der Waals surface area contributed by atoms with E-state index in [9.17, 15) is 14.4 Å². The molecule has 0 aromatic heterocycles. The lowest BCUT2D eigenvalue weighted by atomic mass is 9.83. The minimum atomic E-state index is -0.294. The van der Waals surface area contributed by atoms with E-state index in [1.54, 1.807) is 0 Å². The molecule has 1 aromatic carbocycles. The van der Waals surface area contributed by atoms with E-state index in [1.165, 1.54) is 5.01 Å². The predicted octanol–water partition coefficient (Wildman–Crippen LogP) is 1.54. The molecule has 2 fully saturated rings. The quantitative estimate of drug-likeness (QED) is 0.760. The number of ether oxygens (including phenoxy) is 1. The molecule has 1 aromatic rings. The normalized spacial score (nSPS) is 24.1. The highest BCUT2D eigenvalue weighted by atomic mass is 16.5. The molecule has 5 rings (SSSR count). The number of carbonyl (C=O) groups is 3. The lowest BCUT2D eigenvalue weighted by molar-refractivity contribution is -0.163. The molecule has 4 aliphatic rings. The number of fused-ring (bicyclic) bond motifs is 3. The SMILES string of the molecule is O=C1c2ccc3c(c2CN1N1C(=O)CCCC1=O)OC1(CCNCC1)CC3. The molecule has 0 aliphatic carbocycles. The fraction of sp³-hybridized carbons (Fsp3) is 0.550. The third-order valence-electron chi connectivity index (χ3n) is 6.29. The fourth-order valence-electron chi connectivity index (χ4n) is 4.76. The van der Waals surface area contributed by atoms with Gasteiger partial charge in [-0.2, -0.15) is 5.01 Å². The molecule has 1 N–H and O–H groups in total. The van der Waals surface area contributed by atoms with Gasteiger partial charge < -0.3 is 10.1 Å². The van der Waals surface area contributed by atoms with Gasteiger partial charge in [0, 0.05) is 18.4 Å². The Bertz CT molecular complexity index is 828. The Balaban J connectivity index is 1.50. The third kappa shape index (κ3) is 2.56. The van der Waals surface area contributed by atoms with Crippen LogP contribution in [0, 0.1) is 0 Å². The van der Waals surface area contributed by atoms with Crippen LogP contribution in [0.3, 0.4) is 0 Å². The molecule has 1 spiro atoms. The Hall–Kier alpha value is -2.41. The van der Waals surface area contributed by atoms with Crippen LogP contribution < -0.4 is 10.1 Å². The van der Waals surface area contributed by atoms with E-state index in [0.717, 1.165) is 60.7 Å². The zero-order valence-corrected chi connectivity index (χ0v) is 15.3. The van der Waals surface area contributed by atoms with Gasteiger partial charge in [0.2, 0.25) is 11.8 Å². The molecule has 4 heterocycles. The summed E-state index contributed by atoms with van der Waals surface area (Å²) in [4.78, 5) is 37.5. The zero-order valence-electron chi connectivity index (χ0n) is 15.3. The van der Waals surface area contributed by atoms with Crippen LogP contribution in [0.25, 0.3) is 0 Å². The van der Waals surface area contributed by atoms with Gasteiger partial charge in [0.25, 0.3) is 5.91 Å². The second-order valence-electron chi connectivity index (χ2n) is 7.93. The lowest BCUT2D eigenvalue weighted by Gasteiger charge is -2.42. The van der Waals surface area contributed by atoms with Gasteiger partial charge in [-0.05, 0) is 56.8 Å². The van der Waals surface area contributed by atoms with Crippen molar-refractivity contribution in [3.63, 3.8) is 0 Å². The zero-order chi connectivity index (χ0) is 18.6. The van der Waals surface area contributed by atoms with Crippen LogP contribution >= 0.6 is 0 Å². The average molecular weight is 369 g/mol. The summed E-state index contributed by atoms with van der Waals surface area (Å²) >= 11 is 0. The second kappa shape index (κ2) is 6.05. The van der Waals surface area contributed by atoms with Crippen molar-refractivity contribution in [1.29, 1.82) is 0 Å². The molecule has 7 nitrogen and oxygen atoms in total. The molecule has 7 heteroatoms. The number of rotatable bonds is 1. The van der Waals surface area contributed by atoms with Gasteiger partial charge in [0.1, 0.15) is 11.4 Å². The largest absolute Gasteiger partial charge is 0.487 e. The molecule has 3 amide bonds. The number of nitrogens with zero attached hydrogens (tertiary/aromatic N) is 2. The van der Waals surface area contributed by atoms with Gasteiger partial charge in [-0.1, -0.05) is 6.07 Å². The molecule has 27 heavy (non-hydrogen) atoms. The first-order chi connectivity index (χ1) is 13.1.